The van der Waals surface area contributed by atoms with Gasteiger partial charge in [0.25, 0.3) is 0 Å². The van der Waals surface area contributed by atoms with Gasteiger partial charge in [0, 0.05) is 0 Å². The van der Waals surface area contributed by atoms with Gasteiger partial charge in [-0.25, -0.2) is 0 Å². The number of aryl methyl sites for hydroxylation is 2. The van der Waals surface area contributed by atoms with E-state index < -0.39 is 20.5 Å². The molecule has 1 heterocycles. The molecule has 0 spiro atoms. The summed E-state index contributed by atoms with van der Waals surface area (Å²) in [6, 6.07) is 13.6. The van der Waals surface area contributed by atoms with Gasteiger partial charge in [0.1, 0.15) is 0 Å². The van der Waals surface area contributed by atoms with E-state index in [4.69, 9.17) is 3.07 Å². The van der Waals surface area contributed by atoms with Crippen molar-refractivity contribution >= 4 is 32.4 Å². The predicted molar refractivity (Wildman–Crippen MR) is 96.7 cm³/mol. The summed E-state index contributed by atoms with van der Waals surface area (Å²) in [5.74, 6) is -0.360. The zero-order valence-electron chi connectivity index (χ0n) is 13.3. The molecule has 1 aliphatic rings. The SMILES string of the molecule is CC(=O)OI1c2ccccc2C(=O)N1Cc1c(C)cccc1C. The molecule has 0 atom stereocenters. The van der Waals surface area contributed by atoms with Crippen LogP contribution in [-0.2, 0) is 14.4 Å². The molecule has 0 fully saturated rings. The Morgan fingerprint density at radius 3 is 2.39 bits per heavy atom. The van der Waals surface area contributed by atoms with E-state index in [9.17, 15) is 9.59 Å². The molecule has 0 saturated heterocycles. The Hall–Kier alpha value is -1.89. The Morgan fingerprint density at radius 2 is 1.74 bits per heavy atom. The monoisotopic (exact) mass is 423 g/mol. The van der Waals surface area contributed by atoms with Gasteiger partial charge in [-0.2, -0.15) is 0 Å². The fraction of sp³-hybridized carbons (Fsp3) is 0.222. The van der Waals surface area contributed by atoms with E-state index in [0.29, 0.717) is 12.1 Å². The first-order chi connectivity index (χ1) is 11.0. The zero-order valence-corrected chi connectivity index (χ0v) is 15.5. The van der Waals surface area contributed by atoms with Crippen LogP contribution < -0.4 is 0 Å². The Morgan fingerprint density at radius 1 is 1.09 bits per heavy atom. The number of fused-ring (bicyclic) bond motifs is 1. The molecule has 120 valence electrons. The molecular weight excluding hydrogens is 405 g/mol. The van der Waals surface area contributed by atoms with Crippen molar-refractivity contribution in [2.24, 2.45) is 0 Å². The molecule has 0 radical (unpaired) electrons. The molecule has 0 bridgehead atoms. The third-order valence-electron chi connectivity index (χ3n) is 3.81. The van der Waals surface area contributed by atoms with Crippen LogP contribution in [0.25, 0.3) is 0 Å². The van der Waals surface area contributed by atoms with Crippen LogP contribution in [0, 0.1) is 17.4 Å². The molecule has 23 heavy (non-hydrogen) atoms. The number of halogens is 1. The molecule has 3 rings (SSSR count). The molecule has 1 aliphatic heterocycles. The van der Waals surface area contributed by atoms with Gasteiger partial charge in [0.05, 0.1) is 0 Å². The van der Waals surface area contributed by atoms with Crippen molar-refractivity contribution in [2.75, 3.05) is 0 Å². The molecule has 5 heteroatoms. The Labute approximate surface area is 143 Å². The van der Waals surface area contributed by atoms with E-state index in [0.717, 1.165) is 20.3 Å². The number of carbonyl (C=O) groups excluding carboxylic acids is 2. The molecule has 2 aromatic carbocycles. The number of rotatable bonds is 3. The van der Waals surface area contributed by atoms with Crippen LogP contribution in [0.2, 0.25) is 0 Å². The second-order valence-corrected chi connectivity index (χ2v) is 9.56. The molecule has 0 N–H and O–H groups in total. The van der Waals surface area contributed by atoms with Gasteiger partial charge in [0.15, 0.2) is 0 Å². The van der Waals surface area contributed by atoms with Gasteiger partial charge in [-0.15, -0.1) is 0 Å². The molecule has 0 unspecified atom stereocenters. The van der Waals surface area contributed by atoms with E-state index >= 15 is 0 Å². The number of amides is 1. The Balaban J connectivity index is 2.00. The zero-order chi connectivity index (χ0) is 16.6. The second kappa shape index (κ2) is 6.31. The molecule has 2 aromatic rings. The van der Waals surface area contributed by atoms with E-state index in [1.807, 2.05) is 56.3 Å². The molecule has 4 nitrogen and oxygen atoms in total. The summed E-state index contributed by atoms with van der Waals surface area (Å²) in [7, 11) is 0. The number of hydrogen-bond donors (Lipinski definition) is 0. The van der Waals surface area contributed by atoms with Crippen LogP contribution in [0.4, 0.5) is 0 Å². The van der Waals surface area contributed by atoms with E-state index in [1.54, 1.807) is 3.11 Å². The number of nitrogens with zero attached hydrogens (tertiary/aromatic N) is 1. The molecule has 0 saturated carbocycles. The van der Waals surface area contributed by atoms with Crippen molar-refractivity contribution in [3.05, 3.63) is 68.3 Å². The van der Waals surface area contributed by atoms with Crippen molar-refractivity contribution in [3.63, 3.8) is 0 Å². The summed E-state index contributed by atoms with van der Waals surface area (Å²) < 4.78 is 8.28. The van der Waals surface area contributed by atoms with Crippen LogP contribution in [0.15, 0.2) is 42.5 Å². The normalized spacial score (nSPS) is 14.8. The minimum absolute atomic E-state index is 0.0327. The van der Waals surface area contributed by atoms with Crippen molar-refractivity contribution in [1.82, 2.24) is 3.11 Å². The predicted octanol–water partition coefficient (Wildman–Crippen LogP) is 4.03. The van der Waals surface area contributed by atoms with Crippen molar-refractivity contribution in [1.29, 1.82) is 0 Å². The molecule has 1 amide bonds. The number of benzene rings is 2. The number of hydrogen-bond acceptors (Lipinski definition) is 3. The van der Waals surface area contributed by atoms with Crippen LogP contribution in [0.5, 0.6) is 0 Å². The standard InChI is InChI=1S/C18H18INO3/c1-12-7-6-8-13(2)16(12)11-20-18(22)15-9-4-5-10-17(15)19(20)23-14(3)21/h4-10H,11H2,1-3H3. The van der Waals surface area contributed by atoms with Crippen LogP contribution in [0.1, 0.15) is 34.0 Å². The maximum atomic E-state index is 12.8. The Bertz CT molecular complexity index is 767. The fourth-order valence-corrected chi connectivity index (χ4v) is 7.06. The summed E-state index contributed by atoms with van der Waals surface area (Å²) in [5, 5.41) is 0. The summed E-state index contributed by atoms with van der Waals surface area (Å²) in [6.07, 6.45) is 0. The number of carbonyl (C=O) groups is 2. The van der Waals surface area contributed by atoms with Crippen molar-refractivity contribution in [3.8, 4) is 0 Å². The third kappa shape index (κ3) is 2.97. The average Bonchev–Trinajstić information content (AvgIpc) is 2.76. The van der Waals surface area contributed by atoms with Crippen LogP contribution in [-0.4, -0.2) is 15.0 Å². The van der Waals surface area contributed by atoms with Gasteiger partial charge in [-0.05, 0) is 0 Å². The van der Waals surface area contributed by atoms with E-state index in [-0.39, 0.29) is 11.9 Å². The third-order valence-corrected chi connectivity index (χ3v) is 8.62. The van der Waals surface area contributed by atoms with Crippen LogP contribution >= 0.6 is 20.5 Å². The van der Waals surface area contributed by atoms with Crippen LogP contribution in [0.3, 0.4) is 0 Å². The molecular formula is C18H18INO3. The summed E-state index contributed by atoms with van der Waals surface area (Å²) in [6.45, 7) is 5.98. The van der Waals surface area contributed by atoms with Gasteiger partial charge < -0.3 is 0 Å². The quantitative estimate of drug-likeness (QED) is 0.554. The van der Waals surface area contributed by atoms with Gasteiger partial charge in [0.2, 0.25) is 0 Å². The summed E-state index contributed by atoms with van der Waals surface area (Å²) in [4.78, 5) is 24.3. The van der Waals surface area contributed by atoms with Crippen molar-refractivity contribution < 1.29 is 12.7 Å². The van der Waals surface area contributed by atoms with E-state index in [2.05, 4.69) is 0 Å². The fourth-order valence-electron chi connectivity index (χ4n) is 2.64. The van der Waals surface area contributed by atoms with Gasteiger partial charge >= 0.3 is 144 Å². The first-order valence-electron chi connectivity index (χ1n) is 7.34. The molecule has 0 aromatic heterocycles. The van der Waals surface area contributed by atoms with E-state index in [1.165, 1.54) is 6.92 Å². The maximum absolute atomic E-state index is 12.8. The average molecular weight is 423 g/mol. The summed E-state index contributed by atoms with van der Waals surface area (Å²) in [5.41, 5.74) is 4.09. The van der Waals surface area contributed by atoms with Gasteiger partial charge in [-0.1, -0.05) is 0 Å². The minimum atomic E-state index is -2.49. The molecule has 0 aliphatic carbocycles. The second-order valence-electron chi connectivity index (χ2n) is 5.48. The Kier molecular flexibility index (Phi) is 4.39. The van der Waals surface area contributed by atoms with Crippen molar-refractivity contribution in [2.45, 2.75) is 27.3 Å². The first kappa shape index (κ1) is 16.0. The first-order valence-corrected chi connectivity index (χ1v) is 10.3. The summed E-state index contributed by atoms with van der Waals surface area (Å²) >= 11 is -2.49. The topological polar surface area (TPSA) is 46.6 Å². The van der Waals surface area contributed by atoms with Gasteiger partial charge in [-0.3, -0.25) is 0 Å².